The van der Waals surface area contributed by atoms with E-state index in [0.717, 1.165) is 6.42 Å². The fourth-order valence-corrected chi connectivity index (χ4v) is 0.795. The predicted octanol–water partition coefficient (Wildman–Crippen LogP) is 3.15. The Morgan fingerprint density at radius 3 is 2.67 bits per heavy atom. The van der Waals surface area contributed by atoms with Gasteiger partial charge in [-0.2, -0.15) is 0 Å². The number of hydrogen-bond donors (Lipinski definition) is 0. The van der Waals surface area contributed by atoms with Gasteiger partial charge in [-0.05, 0) is 37.7 Å². The topological polar surface area (TPSA) is 0 Å². The summed E-state index contributed by atoms with van der Waals surface area (Å²) >= 11 is 0. The van der Waals surface area contributed by atoms with Gasteiger partial charge in [0, 0.05) is 0 Å². The Balaban J connectivity index is 3.37. The molecule has 0 saturated carbocycles. The van der Waals surface area contributed by atoms with Gasteiger partial charge in [0.05, 0.1) is 0 Å². The summed E-state index contributed by atoms with van der Waals surface area (Å²) in [5, 5.41) is 0. The van der Waals surface area contributed by atoms with Gasteiger partial charge in [-0.15, -0.1) is 0 Å². The van der Waals surface area contributed by atoms with Crippen molar-refractivity contribution in [1.82, 2.24) is 0 Å². The van der Waals surface area contributed by atoms with Crippen LogP contribution >= 0.6 is 0 Å². The second-order valence-electron chi connectivity index (χ2n) is 2.54. The van der Waals surface area contributed by atoms with Crippen LogP contribution in [0.25, 0.3) is 0 Å². The van der Waals surface area contributed by atoms with Crippen molar-refractivity contribution in [3.05, 3.63) is 12.2 Å². The minimum absolute atomic E-state index is 1.14. The van der Waals surface area contributed by atoms with Crippen LogP contribution in [-0.4, -0.2) is 0 Å². The highest BCUT2D eigenvalue weighted by atomic mass is 13.8. The van der Waals surface area contributed by atoms with Gasteiger partial charge in [-0.25, -0.2) is 0 Å². The fraction of sp³-hybridized carbons (Fsp3) is 0.500. The molecule has 0 unspecified atom stereocenters. The molecule has 0 atom stereocenters. The molecule has 0 saturated heterocycles. The van der Waals surface area contributed by atoms with E-state index in [-0.39, 0.29) is 0 Å². The Bertz CT molecular complexity index is 224. The summed E-state index contributed by atoms with van der Waals surface area (Å²) in [5.74, 6) is 11.0. The minimum atomic E-state index is 1.14. The predicted molar refractivity (Wildman–Crippen MR) is 54.5 cm³/mol. The van der Waals surface area contributed by atoms with Crippen molar-refractivity contribution in [3.8, 4) is 23.7 Å². The summed E-state index contributed by atoms with van der Waals surface area (Å²) in [4.78, 5) is 0. The molecule has 0 N–H and O–H groups in total. The second kappa shape index (κ2) is 9.86. The Morgan fingerprint density at radius 2 is 2.00 bits per heavy atom. The van der Waals surface area contributed by atoms with E-state index in [4.69, 9.17) is 0 Å². The molecule has 0 aliphatic heterocycles. The van der Waals surface area contributed by atoms with Gasteiger partial charge in [-0.1, -0.05) is 37.7 Å². The number of unbranched alkanes of at least 4 members (excludes halogenated alkanes) is 3. The zero-order valence-corrected chi connectivity index (χ0v) is 7.98. The molecular formula is C12H16. The molecule has 0 amide bonds. The summed E-state index contributed by atoms with van der Waals surface area (Å²) in [6.45, 7) is 4.00. The number of hydrogen-bond acceptors (Lipinski definition) is 0. The zero-order chi connectivity index (χ0) is 9.07. The summed E-state index contributed by atoms with van der Waals surface area (Å²) in [6.07, 6.45) is 9.00. The first-order valence-corrected chi connectivity index (χ1v) is 4.49. The van der Waals surface area contributed by atoms with E-state index in [1.807, 2.05) is 6.08 Å². The molecule has 0 radical (unpaired) electrons. The molecule has 0 aliphatic rings. The SMILES string of the molecule is CC#CC#CC=CCCCCC. The summed E-state index contributed by atoms with van der Waals surface area (Å²) < 4.78 is 0. The lowest BCUT2D eigenvalue weighted by atomic mass is 10.2. The molecule has 0 aromatic rings. The lowest BCUT2D eigenvalue weighted by Gasteiger charge is -1.88. The lowest BCUT2D eigenvalue weighted by Crippen LogP contribution is -1.69. The second-order valence-corrected chi connectivity index (χ2v) is 2.54. The molecule has 0 fully saturated rings. The largest absolute Gasteiger partial charge is 0.0925 e. The van der Waals surface area contributed by atoms with Crippen molar-refractivity contribution >= 4 is 0 Å². The van der Waals surface area contributed by atoms with E-state index in [1.165, 1.54) is 19.3 Å². The van der Waals surface area contributed by atoms with E-state index in [9.17, 15) is 0 Å². The lowest BCUT2D eigenvalue weighted by molar-refractivity contribution is 0.729. The van der Waals surface area contributed by atoms with Crippen molar-refractivity contribution in [1.29, 1.82) is 0 Å². The Labute approximate surface area is 76.1 Å². The summed E-state index contributed by atoms with van der Waals surface area (Å²) in [7, 11) is 0. The van der Waals surface area contributed by atoms with Crippen LogP contribution in [0.2, 0.25) is 0 Å². The highest BCUT2D eigenvalue weighted by Gasteiger charge is 1.79. The van der Waals surface area contributed by atoms with Crippen LogP contribution < -0.4 is 0 Å². The molecule has 0 nitrogen and oxygen atoms in total. The third-order valence-corrected chi connectivity index (χ3v) is 1.44. The maximum absolute atomic E-state index is 2.86. The van der Waals surface area contributed by atoms with Crippen molar-refractivity contribution in [2.45, 2.75) is 39.5 Å². The van der Waals surface area contributed by atoms with Crippen molar-refractivity contribution in [3.63, 3.8) is 0 Å². The average Bonchev–Trinajstić information content (AvgIpc) is 2.10. The summed E-state index contributed by atoms with van der Waals surface area (Å²) in [6, 6.07) is 0. The molecule has 12 heavy (non-hydrogen) atoms. The molecule has 64 valence electrons. The Kier molecular flexibility index (Phi) is 8.92. The molecule has 0 aromatic carbocycles. The van der Waals surface area contributed by atoms with E-state index < -0.39 is 0 Å². The molecule has 0 bridgehead atoms. The molecule has 0 aliphatic carbocycles. The van der Waals surface area contributed by atoms with E-state index in [2.05, 4.69) is 36.7 Å². The monoisotopic (exact) mass is 160 g/mol. The molecule has 0 rings (SSSR count). The van der Waals surface area contributed by atoms with Crippen LogP contribution in [0.5, 0.6) is 0 Å². The van der Waals surface area contributed by atoms with Crippen LogP contribution in [0.3, 0.4) is 0 Å². The van der Waals surface area contributed by atoms with Crippen molar-refractivity contribution in [2.24, 2.45) is 0 Å². The smallest absolute Gasteiger partial charge is 0.00168 e. The first-order chi connectivity index (χ1) is 5.91. The van der Waals surface area contributed by atoms with Gasteiger partial charge in [0.2, 0.25) is 0 Å². The quantitative estimate of drug-likeness (QED) is 0.438. The van der Waals surface area contributed by atoms with Gasteiger partial charge in [0.15, 0.2) is 0 Å². The number of rotatable bonds is 4. The van der Waals surface area contributed by atoms with E-state index >= 15 is 0 Å². The minimum Gasteiger partial charge on any atom is -0.0925 e. The van der Waals surface area contributed by atoms with Crippen molar-refractivity contribution < 1.29 is 0 Å². The Hall–Kier alpha value is -1.14. The van der Waals surface area contributed by atoms with Gasteiger partial charge >= 0.3 is 0 Å². The molecule has 0 heteroatoms. The maximum atomic E-state index is 2.86. The Morgan fingerprint density at radius 1 is 1.17 bits per heavy atom. The zero-order valence-electron chi connectivity index (χ0n) is 7.98. The standard InChI is InChI=1S/C12H16/c1-3-5-7-9-11-12-10-8-6-4-2/h11-12H,3,5,7,9H2,1-2H3. The van der Waals surface area contributed by atoms with Gasteiger partial charge < -0.3 is 0 Å². The third kappa shape index (κ3) is 8.86. The molecule has 0 heterocycles. The van der Waals surface area contributed by atoms with Crippen molar-refractivity contribution in [2.75, 3.05) is 0 Å². The van der Waals surface area contributed by atoms with Gasteiger partial charge in [-0.3, -0.25) is 0 Å². The first-order valence-electron chi connectivity index (χ1n) is 4.49. The van der Waals surface area contributed by atoms with Crippen LogP contribution in [0.15, 0.2) is 12.2 Å². The third-order valence-electron chi connectivity index (χ3n) is 1.44. The van der Waals surface area contributed by atoms with E-state index in [0.29, 0.717) is 0 Å². The summed E-state index contributed by atoms with van der Waals surface area (Å²) in [5.41, 5.74) is 0. The first kappa shape index (κ1) is 10.9. The normalized spacial score (nSPS) is 8.50. The molecule has 0 spiro atoms. The van der Waals surface area contributed by atoms with E-state index in [1.54, 1.807) is 6.92 Å². The fourth-order valence-electron chi connectivity index (χ4n) is 0.795. The molecular weight excluding hydrogens is 144 g/mol. The number of allylic oxidation sites excluding steroid dienone is 2. The van der Waals surface area contributed by atoms with Crippen LogP contribution in [0.1, 0.15) is 39.5 Å². The van der Waals surface area contributed by atoms with Gasteiger partial charge in [0.1, 0.15) is 0 Å². The highest BCUT2D eigenvalue weighted by Crippen LogP contribution is 1.98. The van der Waals surface area contributed by atoms with Crippen LogP contribution in [0.4, 0.5) is 0 Å². The van der Waals surface area contributed by atoms with Crippen LogP contribution in [-0.2, 0) is 0 Å². The maximum Gasteiger partial charge on any atom is -0.00168 e. The average molecular weight is 160 g/mol. The van der Waals surface area contributed by atoms with Crippen LogP contribution in [0, 0.1) is 23.7 Å². The highest BCUT2D eigenvalue weighted by molar-refractivity contribution is 5.29. The molecule has 0 aromatic heterocycles. The van der Waals surface area contributed by atoms with Gasteiger partial charge in [0.25, 0.3) is 0 Å².